The summed E-state index contributed by atoms with van der Waals surface area (Å²) in [4.78, 5) is 19.5. The van der Waals surface area contributed by atoms with Gasteiger partial charge in [0.1, 0.15) is 6.04 Å². The van der Waals surface area contributed by atoms with Crippen LogP contribution in [0, 0.1) is 19.8 Å². The smallest absolute Gasteiger partial charge is 0.241 e. The molecule has 1 fully saturated rings. The molecule has 3 rings (SSSR count). The first kappa shape index (κ1) is 22.4. The minimum Gasteiger partial charge on any atom is -0.341 e. The van der Waals surface area contributed by atoms with Crippen molar-refractivity contribution < 1.29 is 17.7 Å². The molecule has 30 heavy (non-hydrogen) atoms. The number of carbonyl (C=O) groups excluding carboxylic acids is 1. The zero-order valence-electron chi connectivity index (χ0n) is 18.0. The molecule has 1 saturated heterocycles. The van der Waals surface area contributed by atoms with E-state index >= 15 is 0 Å². The van der Waals surface area contributed by atoms with E-state index in [1.54, 1.807) is 36.1 Å². The lowest BCUT2D eigenvalue weighted by molar-refractivity contribution is -0.134. The van der Waals surface area contributed by atoms with Crippen LogP contribution in [-0.2, 0) is 14.8 Å². The van der Waals surface area contributed by atoms with Crippen molar-refractivity contribution >= 4 is 15.9 Å². The SMILES string of the molecule is Cc1ccc(S(=O)(=O)NC(CC(C)C)C(=O)N2CCCC(c3nc(C)no3)C2)cc1. The zero-order valence-corrected chi connectivity index (χ0v) is 18.8. The number of benzene rings is 1. The lowest BCUT2D eigenvalue weighted by Gasteiger charge is -2.34. The van der Waals surface area contributed by atoms with Gasteiger partial charge >= 0.3 is 0 Å². The Balaban J connectivity index is 1.77. The second kappa shape index (κ2) is 9.26. The fourth-order valence-corrected chi connectivity index (χ4v) is 4.92. The first-order valence-corrected chi connectivity index (χ1v) is 11.8. The highest BCUT2D eigenvalue weighted by Gasteiger charge is 2.34. The molecule has 1 aromatic heterocycles. The number of rotatable bonds is 7. The Hall–Kier alpha value is -2.26. The van der Waals surface area contributed by atoms with E-state index in [4.69, 9.17) is 4.52 Å². The van der Waals surface area contributed by atoms with Crippen LogP contribution in [-0.4, -0.2) is 48.5 Å². The molecule has 9 heteroatoms. The standard InChI is InChI=1S/C21H30N4O4S/c1-14(2)12-19(24-30(27,28)18-9-7-15(3)8-10-18)21(26)25-11-5-6-17(13-25)20-22-16(4)23-29-20/h7-10,14,17,19,24H,5-6,11-13H2,1-4H3. The van der Waals surface area contributed by atoms with Gasteiger partial charge in [-0.05, 0) is 51.2 Å². The summed E-state index contributed by atoms with van der Waals surface area (Å²) in [5, 5.41) is 3.84. The van der Waals surface area contributed by atoms with E-state index in [0.29, 0.717) is 31.2 Å². The van der Waals surface area contributed by atoms with Crippen molar-refractivity contribution in [3.8, 4) is 0 Å². The third-order valence-electron chi connectivity index (χ3n) is 5.26. The van der Waals surface area contributed by atoms with Crippen molar-refractivity contribution in [1.29, 1.82) is 0 Å². The number of aromatic nitrogens is 2. The molecule has 2 heterocycles. The van der Waals surface area contributed by atoms with Crippen LogP contribution < -0.4 is 4.72 Å². The molecule has 0 aliphatic carbocycles. The van der Waals surface area contributed by atoms with Crippen molar-refractivity contribution in [3.63, 3.8) is 0 Å². The third kappa shape index (κ3) is 5.46. The van der Waals surface area contributed by atoms with Crippen LogP contribution in [0.2, 0.25) is 0 Å². The second-order valence-electron chi connectivity index (χ2n) is 8.42. The Morgan fingerprint density at radius 1 is 1.27 bits per heavy atom. The Bertz CT molecular complexity index is 969. The van der Waals surface area contributed by atoms with Gasteiger partial charge in [-0.25, -0.2) is 8.42 Å². The summed E-state index contributed by atoms with van der Waals surface area (Å²) in [7, 11) is -3.81. The number of nitrogens with zero attached hydrogens (tertiary/aromatic N) is 3. The fraction of sp³-hybridized carbons (Fsp3) is 0.571. The summed E-state index contributed by atoms with van der Waals surface area (Å²) in [5.41, 5.74) is 0.972. The van der Waals surface area contributed by atoms with Crippen molar-refractivity contribution in [3.05, 3.63) is 41.5 Å². The van der Waals surface area contributed by atoms with Crippen LogP contribution >= 0.6 is 0 Å². The molecule has 8 nitrogen and oxygen atoms in total. The second-order valence-corrected chi connectivity index (χ2v) is 10.1. The average molecular weight is 435 g/mol. The lowest BCUT2D eigenvalue weighted by Crippen LogP contribution is -2.51. The molecule has 0 radical (unpaired) electrons. The summed E-state index contributed by atoms with van der Waals surface area (Å²) in [6, 6.07) is 5.79. The number of hydrogen-bond donors (Lipinski definition) is 1. The maximum atomic E-state index is 13.3. The van der Waals surface area contributed by atoms with E-state index in [0.717, 1.165) is 18.4 Å². The molecule has 1 aliphatic heterocycles. The summed E-state index contributed by atoms with van der Waals surface area (Å²) in [6.45, 7) is 8.63. The summed E-state index contributed by atoms with van der Waals surface area (Å²) < 4.78 is 33.7. The van der Waals surface area contributed by atoms with Crippen LogP contribution in [0.4, 0.5) is 0 Å². The van der Waals surface area contributed by atoms with Gasteiger partial charge < -0.3 is 9.42 Å². The molecule has 2 atom stereocenters. The predicted octanol–water partition coefficient (Wildman–Crippen LogP) is 2.79. The monoisotopic (exact) mass is 434 g/mol. The quantitative estimate of drug-likeness (QED) is 0.718. The highest BCUT2D eigenvalue weighted by Crippen LogP contribution is 2.27. The number of nitrogens with one attached hydrogen (secondary N) is 1. The molecule has 2 unspecified atom stereocenters. The number of sulfonamides is 1. The molecule has 1 aliphatic rings. The van der Waals surface area contributed by atoms with Crippen molar-refractivity contribution in [1.82, 2.24) is 19.8 Å². The topological polar surface area (TPSA) is 105 Å². The number of aryl methyl sites for hydroxylation is 2. The minimum atomic E-state index is -3.81. The number of carbonyl (C=O) groups is 1. The number of likely N-dealkylation sites (tertiary alicyclic amines) is 1. The molecule has 1 amide bonds. The van der Waals surface area contributed by atoms with Crippen molar-refractivity contribution in [2.24, 2.45) is 5.92 Å². The molecule has 0 bridgehead atoms. The summed E-state index contributed by atoms with van der Waals surface area (Å²) in [6.07, 6.45) is 2.08. The van der Waals surface area contributed by atoms with Gasteiger partial charge in [0.25, 0.3) is 0 Å². The van der Waals surface area contributed by atoms with Gasteiger partial charge in [-0.15, -0.1) is 0 Å². The van der Waals surface area contributed by atoms with Crippen molar-refractivity contribution in [2.75, 3.05) is 13.1 Å². The van der Waals surface area contributed by atoms with Gasteiger partial charge in [-0.3, -0.25) is 4.79 Å². The van der Waals surface area contributed by atoms with Crippen LogP contribution in [0.3, 0.4) is 0 Å². The fourth-order valence-electron chi connectivity index (χ4n) is 3.72. The number of hydrogen-bond acceptors (Lipinski definition) is 6. The largest absolute Gasteiger partial charge is 0.341 e. The third-order valence-corrected chi connectivity index (χ3v) is 6.75. The Morgan fingerprint density at radius 3 is 2.57 bits per heavy atom. The Kier molecular flexibility index (Phi) is 6.92. The molecular formula is C21H30N4O4S. The maximum Gasteiger partial charge on any atom is 0.241 e. The highest BCUT2D eigenvalue weighted by atomic mass is 32.2. The van der Waals surface area contributed by atoms with Gasteiger partial charge in [-0.1, -0.05) is 36.7 Å². The molecule has 0 saturated carbocycles. The molecule has 1 aromatic carbocycles. The number of piperidine rings is 1. The van der Waals surface area contributed by atoms with E-state index in [1.807, 2.05) is 20.8 Å². The van der Waals surface area contributed by atoms with E-state index < -0.39 is 16.1 Å². The average Bonchev–Trinajstić information content (AvgIpc) is 3.13. The molecule has 1 N–H and O–H groups in total. The summed E-state index contributed by atoms with van der Waals surface area (Å²) in [5.74, 6) is 1.01. The van der Waals surface area contributed by atoms with Crippen LogP contribution in [0.25, 0.3) is 0 Å². The van der Waals surface area contributed by atoms with Crippen molar-refractivity contribution in [2.45, 2.75) is 63.8 Å². The molecule has 164 valence electrons. The van der Waals surface area contributed by atoms with E-state index in [9.17, 15) is 13.2 Å². The first-order valence-electron chi connectivity index (χ1n) is 10.3. The van der Waals surface area contributed by atoms with Gasteiger partial charge in [-0.2, -0.15) is 9.71 Å². The Labute approximate surface area is 178 Å². The van der Waals surface area contributed by atoms with Crippen LogP contribution in [0.15, 0.2) is 33.7 Å². The Morgan fingerprint density at radius 2 is 1.97 bits per heavy atom. The maximum absolute atomic E-state index is 13.3. The van der Waals surface area contributed by atoms with E-state index in [2.05, 4.69) is 14.9 Å². The van der Waals surface area contributed by atoms with E-state index in [1.165, 1.54) is 0 Å². The normalized spacial score (nSPS) is 18.6. The number of amides is 1. The molecule has 0 spiro atoms. The minimum absolute atomic E-state index is 0.0303. The highest BCUT2D eigenvalue weighted by molar-refractivity contribution is 7.89. The first-order chi connectivity index (χ1) is 14.2. The van der Waals surface area contributed by atoms with Crippen LogP contribution in [0.1, 0.15) is 56.3 Å². The summed E-state index contributed by atoms with van der Waals surface area (Å²) >= 11 is 0. The van der Waals surface area contributed by atoms with Gasteiger partial charge in [0, 0.05) is 13.1 Å². The molecule has 2 aromatic rings. The lowest BCUT2D eigenvalue weighted by atomic mass is 9.96. The van der Waals surface area contributed by atoms with Gasteiger partial charge in [0.2, 0.25) is 21.8 Å². The zero-order chi connectivity index (χ0) is 21.9. The van der Waals surface area contributed by atoms with Crippen LogP contribution in [0.5, 0.6) is 0 Å². The van der Waals surface area contributed by atoms with E-state index in [-0.39, 0.29) is 22.6 Å². The van der Waals surface area contributed by atoms with Gasteiger partial charge in [0.05, 0.1) is 10.8 Å². The predicted molar refractivity (Wildman–Crippen MR) is 112 cm³/mol. The van der Waals surface area contributed by atoms with Gasteiger partial charge in [0.15, 0.2) is 5.82 Å². The molecular weight excluding hydrogens is 404 g/mol.